The summed E-state index contributed by atoms with van der Waals surface area (Å²) in [6, 6.07) is 5.89. The zero-order valence-corrected chi connectivity index (χ0v) is 7.83. The molecule has 1 aliphatic rings. The number of hydrogen-bond acceptors (Lipinski definition) is 2. The molecule has 2 heteroatoms. The number of cyclic esters (lactones) is 1. The fourth-order valence-electron chi connectivity index (χ4n) is 1.79. The van der Waals surface area contributed by atoms with Crippen molar-refractivity contribution < 1.29 is 9.53 Å². The molecule has 68 valence electrons. The SMILES string of the molecule is CCC1OC(=O)c2c(C)cccc21. The summed E-state index contributed by atoms with van der Waals surface area (Å²) < 4.78 is 5.22. The van der Waals surface area contributed by atoms with Gasteiger partial charge in [-0.3, -0.25) is 0 Å². The van der Waals surface area contributed by atoms with E-state index in [1.165, 1.54) is 0 Å². The summed E-state index contributed by atoms with van der Waals surface area (Å²) in [7, 11) is 0. The molecule has 0 saturated heterocycles. The highest BCUT2D eigenvalue weighted by molar-refractivity contribution is 5.95. The van der Waals surface area contributed by atoms with Gasteiger partial charge in [-0.2, -0.15) is 0 Å². The summed E-state index contributed by atoms with van der Waals surface area (Å²) in [6.45, 7) is 3.97. The quantitative estimate of drug-likeness (QED) is 0.615. The van der Waals surface area contributed by atoms with Crippen LogP contribution in [0.4, 0.5) is 0 Å². The van der Waals surface area contributed by atoms with E-state index in [4.69, 9.17) is 4.74 Å². The summed E-state index contributed by atoms with van der Waals surface area (Å²) in [5.74, 6) is -0.167. The molecule has 1 aliphatic heterocycles. The molecule has 1 unspecified atom stereocenters. The van der Waals surface area contributed by atoms with Crippen LogP contribution in [0.25, 0.3) is 0 Å². The van der Waals surface area contributed by atoms with Gasteiger partial charge in [-0.25, -0.2) is 4.79 Å². The first-order valence-electron chi connectivity index (χ1n) is 4.54. The largest absolute Gasteiger partial charge is 0.454 e. The average molecular weight is 176 g/mol. The molecular formula is C11H12O2. The molecule has 1 atom stereocenters. The second-order valence-electron chi connectivity index (χ2n) is 3.34. The number of rotatable bonds is 1. The molecule has 2 nitrogen and oxygen atoms in total. The first-order valence-corrected chi connectivity index (χ1v) is 4.54. The van der Waals surface area contributed by atoms with Crippen molar-refractivity contribution in [2.45, 2.75) is 26.4 Å². The molecule has 0 aromatic heterocycles. The van der Waals surface area contributed by atoms with Gasteiger partial charge >= 0.3 is 5.97 Å². The Balaban J connectivity index is 2.57. The number of hydrogen-bond donors (Lipinski definition) is 0. The number of fused-ring (bicyclic) bond motifs is 1. The van der Waals surface area contributed by atoms with Gasteiger partial charge in [-0.1, -0.05) is 25.1 Å². The number of benzene rings is 1. The van der Waals surface area contributed by atoms with Crippen LogP contribution in [0, 0.1) is 6.92 Å². The fourth-order valence-corrected chi connectivity index (χ4v) is 1.79. The van der Waals surface area contributed by atoms with Gasteiger partial charge in [0.2, 0.25) is 0 Å². The molecule has 0 saturated carbocycles. The normalized spacial score (nSPS) is 19.8. The summed E-state index contributed by atoms with van der Waals surface area (Å²) in [5.41, 5.74) is 2.83. The maximum Gasteiger partial charge on any atom is 0.339 e. The third kappa shape index (κ3) is 1.13. The van der Waals surface area contributed by atoms with Crippen molar-refractivity contribution in [2.24, 2.45) is 0 Å². The summed E-state index contributed by atoms with van der Waals surface area (Å²) in [5, 5.41) is 0. The number of carbonyl (C=O) groups is 1. The standard InChI is InChI=1S/C11H12O2/c1-3-9-8-6-4-5-7(2)10(8)11(12)13-9/h4-6,9H,3H2,1-2H3. The fraction of sp³-hybridized carbons (Fsp3) is 0.364. The van der Waals surface area contributed by atoms with Gasteiger partial charge in [0.15, 0.2) is 0 Å². The third-order valence-electron chi connectivity index (χ3n) is 2.48. The predicted octanol–water partition coefficient (Wildman–Crippen LogP) is 2.62. The average Bonchev–Trinajstić information content (AvgIpc) is 2.44. The maximum absolute atomic E-state index is 11.4. The van der Waals surface area contributed by atoms with Crippen molar-refractivity contribution in [3.63, 3.8) is 0 Å². The lowest BCUT2D eigenvalue weighted by molar-refractivity contribution is 0.0378. The smallest absolute Gasteiger partial charge is 0.339 e. The van der Waals surface area contributed by atoms with Crippen molar-refractivity contribution in [2.75, 3.05) is 0 Å². The number of aryl methyl sites for hydroxylation is 1. The van der Waals surface area contributed by atoms with Gasteiger partial charge in [0.1, 0.15) is 6.10 Å². The Morgan fingerprint density at radius 3 is 2.92 bits per heavy atom. The highest BCUT2D eigenvalue weighted by Crippen LogP contribution is 2.34. The Morgan fingerprint density at radius 2 is 2.23 bits per heavy atom. The molecule has 0 radical (unpaired) electrons. The van der Waals surface area contributed by atoms with Crippen LogP contribution in [0.15, 0.2) is 18.2 Å². The van der Waals surface area contributed by atoms with E-state index >= 15 is 0 Å². The number of ether oxygens (including phenoxy) is 1. The molecule has 0 N–H and O–H groups in total. The minimum absolute atomic E-state index is 0.0256. The lowest BCUT2D eigenvalue weighted by Crippen LogP contribution is -1.97. The molecule has 2 rings (SSSR count). The predicted molar refractivity (Wildman–Crippen MR) is 49.6 cm³/mol. The van der Waals surface area contributed by atoms with Gasteiger partial charge in [0, 0.05) is 5.56 Å². The van der Waals surface area contributed by atoms with Crippen LogP contribution in [0.5, 0.6) is 0 Å². The van der Waals surface area contributed by atoms with Crippen LogP contribution in [0.1, 0.15) is 40.9 Å². The molecule has 0 aliphatic carbocycles. The Bertz CT molecular complexity index is 355. The molecule has 0 bridgehead atoms. The van der Waals surface area contributed by atoms with Crippen molar-refractivity contribution in [1.29, 1.82) is 0 Å². The number of carbonyl (C=O) groups excluding carboxylic acids is 1. The zero-order chi connectivity index (χ0) is 9.42. The van der Waals surface area contributed by atoms with E-state index in [1.54, 1.807) is 0 Å². The molecule has 0 amide bonds. The van der Waals surface area contributed by atoms with E-state index in [1.807, 2.05) is 32.0 Å². The van der Waals surface area contributed by atoms with E-state index < -0.39 is 0 Å². The van der Waals surface area contributed by atoms with Crippen LogP contribution < -0.4 is 0 Å². The second kappa shape index (κ2) is 2.87. The zero-order valence-electron chi connectivity index (χ0n) is 7.83. The molecule has 13 heavy (non-hydrogen) atoms. The van der Waals surface area contributed by atoms with Gasteiger partial charge in [-0.05, 0) is 18.9 Å². The van der Waals surface area contributed by atoms with E-state index in [0.717, 1.165) is 23.1 Å². The van der Waals surface area contributed by atoms with Crippen LogP contribution in [0.2, 0.25) is 0 Å². The highest BCUT2D eigenvalue weighted by atomic mass is 16.5. The molecule has 1 aromatic rings. The van der Waals surface area contributed by atoms with Gasteiger partial charge in [0.05, 0.1) is 5.56 Å². The first-order chi connectivity index (χ1) is 6.24. The highest BCUT2D eigenvalue weighted by Gasteiger charge is 2.30. The van der Waals surface area contributed by atoms with E-state index in [0.29, 0.717) is 0 Å². The topological polar surface area (TPSA) is 26.3 Å². The van der Waals surface area contributed by atoms with Crippen molar-refractivity contribution in [1.82, 2.24) is 0 Å². The lowest BCUT2D eigenvalue weighted by atomic mass is 10.00. The molecular weight excluding hydrogens is 164 g/mol. The van der Waals surface area contributed by atoms with Crippen LogP contribution in [-0.2, 0) is 4.74 Å². The van der Waals surface area contributed by atoms with E-state index in [-0.39, 0.29) is 12.1 Å². The monoisotopic (exact) mass is 176 g/mol. The maximum atomic E-state index is 11.4. The van der Waals surface area contributed by atoms with E-state index in [2.05, 4.69) is 0 Å². The van der Waals surface area contributed by atoms with Crippen molar-refractivity contribution >= 4 is 5.97 Å². The Kier molecular flexibility index (Phi) is 1.83. The second-order valence-corrected chi connectivity index (χ2v) is 3.34. The van der Waals surface area contributed by atoms with Crippen molar-refractivity contribution in [3.05, 3.63) is 34.9 Å². The van der Waals surface area contributed by atoms with Gasteiger partial charge < -0.3 is 4.74 Å². The molecule has 1 heterocycles. The summed E-state index contributed by atoms with van der Waals surface area (Å²) >= 11 is 0. The van der Waals surface area contributed by atoms with Gasteiger partial charge in [-0.15, -0.1) is 0 Å². The summed E-state index contributed by atoms with van der Waals surface area (Å²) in [4.78, 5) is 11.4. The van der Waals surface area contributed by atoms with Crippen LogP contribution in [-0.4, -0.2) is 5.97 Å². The Labute approximate surface area is 77.5 Å². The lowest BCUT2D eigenvalue weighted by Gasteiger charge is -2.05. The van der Waals surface area contributed by atoms with Crippen LogP contribution >= 0.6 is 0 Å². The molecule has 0 spiro atoms. The van der Waals surface area contributed by atoms with Gasteiger partial charge in [0.25, 0.3) is 0 Å². The summed E-state index contributed by atoms with van der Waals surface area (Å²) in [6.07, 6.45) is 0.824. The molecule has 0 fully saturated rings. The Hall–Kier alpha value is -1.31. The van der Waals surface area contributed by atoms with E-state index in [9.17, 15) is 4.79 Å². The minimum atomic E-state index is -0.167. The van der Waals surface area contributed by atoms with Crippen LogP contribution in [0.3, 0.4) is 0 Å². The van der Waals surface area contributed by atoms with Crippen molar-refractivity contribution in [3.8, 4) is 0 Å². The Morgan fingerprint density at radius 1 is 1.46 bits per heavy atom. The minimum Gasteiger partial charge on any atom is -0.454 e. The third-order valence-corrected chi connectivity index (χ3v) is 2.48. The first kappa shape index (κ1) is 8.30. The molecule has 1 aromatic carbocycles. The number of esters is 1.